The van der Waals surface area contributed by atoms with Gasteiger partial charge in [-0.3, -0.25) is 4.79 Å². The minimum Gasteiger partial charge on any atom is -0.484 e. The molecule has 25 heavy (non-hydrogen) atoms. The van der Waals surface area contributed by atoms with Crippen molar-refractivity contribution in [3.63, 3.8) is 0 Å². The van der Waals surface area contributed by atoms with Gasteiger partial charge in [-0.2, -0.15) is 0 Å². The fraction of sp³-hybridized carbons (Fsp3) is 0.389. The molecule has 6 nitrogen and oxygen atoms in total. The number of amides is 1. The molecule has 1 aliphatic rings. The molecule has 1 atom stereocenters. The lowest BCUT2D eigenvalue weighted by Crippen LogP contribution is -2.39. The van der Waals surface area contributed by atoms with Crippen molar-refractivity contribution >= 4 is 5.91 Å². The quantitative estimate of drug-likeness (QED) is 0.825. The maximum Gasteiger partial charge on any atom is 0.260 e. The number of hydrogen-bond donors (Lipinski definition) is 0. The summed E-state index contributed by atoms with van der Waals surface area (Å²) >= 11 is 0. The van der Waals surface area contributed by atoms with Crippen LogP contribution in [-0.4, -0.2) is 53.7 Å². The number of nitrogens with zero attached hydrogens (tertiary/aromatic N) is 3. The van der Waals surface area contributed by atoms with E-state index in [0.29, 0.717) is 32.1 Å². The molecule has 7 heteroatoms. The van der Waals surface area contributed by atoms with Crippen molar-refractivity contribution in [3.05, 3.63) is 54.4 Å². The van der Waals surface area contributed by atoms with Gasteiger partial charge in [0, 0.05) is 30.9 Å². The first-order valence-electron chi connectivity index (χ1n) is 8.19. The van der Waals surface area contributed by atoms with Crippen LogP contribution in [-0.2, 0) is 16.0 Å². The summed E-state index contributed by atoms with van der Waals surface area (Å²) in [7, 11) is 0. The van der Waals surface area contributed by atoms with E-state index < -0.39 is 0 Å². The van der Waals surface area contributed by atoms with Crippen molar-refractivity contribution < 1.29 is 18.7 Å². The van der Waals surface area contributed by atoms with Gasteiger partial charge in [0.1, 0.15) is 17.9 Å². The molecule has 0 bridgehead atoms. The third-order valence-corrected chi connectivity index (χ3v) is 4.01. The summed E-state index contributed by atoms with van der Waals surface area (Å²) < 4.78 is 24.0. The Morgan fingerprint density at radius 3 is 2.92 bits per heavy atom. The van der Waals surface area contributed by atoms with E-state index >= 15 is 0 Å². The number of hydrogen-bond acceptors (Lipinski definition) is 5. The number of carbonyl (C=O) groups is 1. The predicted octanol–water partition coefficient (Wildman–Crippen LogP) is 1.71. The Hall–Kier alpha value is -2.54. The van der Waals surface area contributed by atoms with Crippen LogP contribution in [0.2, 0.25) is 0 Å². The normalized spacial score (nSPS) is 17.8. The van der Waals surface area contributed by atoms with E-state index in [2.05, 4.69) is 9.97 Å². The van der Waals surface area contributed by atoms with Gasteiger partial charge in [-0.1, -0.05) is 0 Å². The lowest BCUT2D eigenvalue weighted by atomic mass is 10.0. The van der Waals surface area contributed by atoms with E-state index in [1.807, 2.05) is 6.07 Å². The lowest BCUT2D eigenvalue weighted by Gasteiger charge is -2.23. The van der Waals surface area contributed by atoms with Gasteiger partial charge in [-0.25, -0.2) is 14.4 Å². The van der Waals surface area contributed by atoms with Gasteiger partial charge in [0.05, 0.1) is 13.2 Å². The molecule has 1 aliphatic heterocycles. The summed E-state index contributed by atoms with van der Waals surface area (Å²) in [6, 6.07) is 7.49. The van der Waals surface area contributed by atoms with Crippen molar-refractivity contribution in [2.75, 3.05) is 32.9 Å². The molecule has 1 aromatic carbocycles. The van der Waals surface area contributed by atoms with Gasteiger partial charge < -0.3 is 14.4 Å². The average molecular weight is 345 g/mol. The fourth-order valence-electron chi connectivity index (χ4n) is 2.73. The lowest BCUT2D eigenvalue weighted by molar-refractivity contribution is -0.133. The predicted molar refractivity (Wildman–Crippen MR) is 88.5 cm³/mol. The minimum atomic E-state index is -0.337. The Kier molecular flexibility index (Phi) is 5.90. The van der Waals surface area contributed by atoms with E-state index in [1.165, 1.54) is 30.6 Å². The van der Waals surface area contributed by atoms with Crippen molar-refractivity contribution in [1.82, 2.24) is 14.9 Å². The second-order valence-corrected chi connectivity index (χ2v) is 5.93. The summed E-state index contributed by atoms with van der Waals surface area (Å²) in [5.41, 5.74) is 0.931. The molecule has 0 N–H and O–H groups in total. The highest BCUT2D eigenvalue weighted by atomic mass is 19.1. The van der Waals surface area contributed by atoms with Crippen LogP contribution in [0.4, 0.5) is 4.39 Å². The van der Waals surface area contributed by atoms with Crippen LogP contribution < -0.4 is 4.74 Å². The highest BCUT2D eigenvalue weighted by molar-refractivity contribution is 5.77. The van der Waals surface area contributed by atoms with Crippen molar-refractivity contribution in [1.29, 1.82) is 0 Å². The molecule has 0 spiro atoms. The summed E-state index contributed by atoms with van der Waals surface area (Å²) in [5.74, 6) is 0.198. The van der Waals surface area contributed by atoms with Crippen LogP contribution in [0.15, 0.2) is 42.9 Å². The van der Waals surface area contributed by atoms with Crippen LogP contribution in [0.3, 0.4) is 0 Å². The first-order valence-corrected chi connectivity index (χ1v) is 8.19. The topological polar surface area (TPSA) is 64.5 Å². The minimum absolute atomic E-state index is 0.0775. The van der Waals surface area contributed by atoms with Gasteiger partial charge >= 0.3 is 0 Å². The second kappa shape index (κ2) is 8.53. The van der Waals surface area contributed by atoms with E-state index in [4.69, 9.17) is 9.47 Å². The SMILES string of the molecule is O=C(COc1ccc(F)cc1)N1CCOCC(Cc2ccncn2)C1. The van der Waals surface area contributed by atoms with Gasteiger partial charge in [0.15, 0.2) is 6.61 Å². The van der Waals surface area contributed by atoms with Crippen LogP contribution in [0.25, 0.3) is 0 Å². The Balaban J connectivity index is 1.54. The highest BCUT2D eigenvalue weighted by Crippen LogP contribution is 2.14. The molecule has 0 saturated carbocycles. The summed E-state index contributed by atoms with van der Waals surface area (Å²) in [6.07, 6.45) is 3.96. The molecule has 1 aromatic heterocycles. The molecular weight excluding hydrogens is 325 g/mol. The first-order chi connectivity index (χ1) is 12.2. The second-order valence-electron chi connectivity index (χ2n) is 5.93. The largest absolute Gasteiger partial charge is 0.484 e. The molecule has 1 amide bonds. The zero-order valence-electron chi connectivity index (χ0n) is 13.8. The van der Waals surface area contributed by atoms with Crippen molar-refractivity contribution in [3.8, 4) is 5.75 Å². The molecule has 0 radical (unpaired) electrons. The number of halogens is 1. The van der Waals surface area contributed by atoms with Crippen LogP contribution in [0, 0.1) is 11.7 Å². The number of aromatic nitrogens is 2. The smallest absolute Gasteiger partial charge is 0.260 e. The standard InChI is InChI=1S/C18H20FN3O3/c19-15-1-3-17(4-2-15)25-12-18(23)22-7-8-24-11-14(10-22)9-16-5-6-20-13-21-16/h1-6,13-14H,7-12H2. The van der Waals surface area contributed by atoms with Crippen LogP contribution in [0.1, 0.15) is 5.69 Å². The summed E-state index contributed by atoms with van der Waals surface area (Å²) in [4.78, 5) is 22.3. The summed E-state index contributed by atoms with van der Waals surface area (Å²) in [5, 5.41) is 0. The van der Waals surface area contributed by atoms with Crippen molar-refractivity contribution in [2.24, 2.45) is 5.92 Å². The Morgan fingerprint density at radius 2 is 2.16 bits per heavy atom. The molecule has 132 valence electrons. The van der Waals surface area contributed by atoms with E-state index in [1.54, 1.807) is 11.1 Å². The van der Waals surface area contributed by atoms with E-state index in [-0.39, 0.29) is 24.2 Å². The zero-order valence-corrected chi connectivity index (χ0v) is 13.8. The Bertz CT molecular complexity index is 682. The number of ether oxygens (including phenoxy) is 2. The maximum atomic E-state index is 12.9. The van der Waals surface area contributed by atoms with Crippen LogP contribution in [0.5, 0.6) is 5.75 Å². The Labute approximate surface area is 145 Å². The third kappa shape index (κ3) is 5.22. The van der Waals surface area contributed by atoms with E-state index in [9.17, 15) is 9.18 Å². The number of carbonyl (C=O) groups excluding carboxylic acids is 1. The average Bonchev–Trinajstić information content (AvgIpc) is 2.87. The number of rotatable bonds is 5. The third-order valence-electron chi connectivity index (χ3n) is 4.01. The highest BCUT2D eigenvalue weighted by Gasteiger charge is 2.23. The number of benzene rings is 1. The maximum absolute atomic E-state index is 12.9. The zero-order chi connectivity index (χ0) is 17.5. The molecular formula is C18H20FN3O3. The molecule has 1 saturated heterocycles. The Morgan fingerprint density at radius 1 is 1.32 bits per heavy atom. The van der Waals surface area contributed by atoms with Gasteiger partial charge in [-0.05, 0) is 36.8 Å². The van der Waals surface area contributed by atoms with Crippen molar-refractivity contribution in [2.45, 2.75) is 6.42 Å². The van der Waals surface area contributed by atoms with Gasteiger partial charge in [0.2, 0.25) is 0 Å². The summed E-state index contributed by atoms with van der Waals surface area (Å²) in [6.45, 7) is 2.14. The molecule has 1 fully saturated rings. The molecule has 2 aromatic rings. The molecule has 2 heterocycles. The van der Waals surface area contributed by atoms with Gasteiger partial charge in [-0.15, -0.1) is 0 Å². The van der Waals surface area contributed by atoms with E-state index in [0.717, 1.165) is 12.1 Å². The molecule has 1 unspecified atom stereocenters. The first kappa shape index (κ1) is 17.3. The van der Waals surface area contributed by atoms with Gasteiger partial charge in [0.25, 0.3) is 5.91 Å². The van der Waals surface area contributed by atoms with Crippen LogP contribution >= 0.6 is 0 Å². The molecule has 0 aliphatic carbocycles. The monoisotopic (exact) mass is 345 g/mol. The fourth-order valence-corrected chi connectivity index (χ4v) is 2.73. The molecule has 3 rings (SSSR count).